The Balaban J connectivity index is 2.90. The van der Waals surface area contributed by atoms with E-state index < -0.39 is 0 Å². The van der Waals surface area contributed by atoms with Gasteiger partial charge < -0.3 is 5.11 Å². The first kappa shape index (κ1) is 9.71. The van der Waals surface area contributed by atoms with Crippen molar-refractivity contribution >= 4 is 17.1 Å². The predicted octanol–water partition coefficient (Wildman–Crippen LogP) is 2.97. The number of rotatable bonds is 1. The summed E-state index contributed by atoms with van der Waals surface area (Å²) >= 11 is 0. The summed E-state index contributed by atoms with van der Waals surface area (Å²) in [4.78, 5) is 10.7. The van der Waals surface area contributed by atoms with E-state index in [0.717, 1.165) is 21.9 Å². The molecular weight excluding hydrogens is 188 g/mol. The fourth-order valence-electron chi connectivity index (χ4n) is 1.81. The molecule has 76 valence electrons. The van der Waals surface area contributed by atoms with Crippen molar-refractivity contribution in [3.8, 4) is 5.75 Å². The molecule has 2 aromatic carbocycles. The molecule has 0 atom stereocenters. The first-order valence-electron chi connectivity index (χ1n) is 4.81. The number of hydrogen-bond acceptors (Lipinski definition) is 2. The third-order valence-electron chi connectivity index (χ3n) is 2.68. The average Bonchev–Trinajstić information content (AvgIpc) is 2.23. The number of hydrogen-bond donors (Lipinski definition) is 1. The highest BCUT2D eigenvalue weighted by atomic mass is 16.3. The van der Waals surface area contributed by atoms with Gasteiger partial charge in [-0.2, -0.15) is 0 Å². The summed E-state index contributed by atoms with van der Waals surface area (Å²) in [6.07, 6.45) is 0.685. The Hall–Kier alpha value is -1.83. The van der Waals surface area contributed by atoms with E-state index in [1.165, 1.54) is 0 Å². The van der Waals surface area contributed by atoms with Crippen molar-refractivity contribution in [3.63, 3.8) is 0 Å². The van der Waals surface area contributed by atoms with Crippen molar-refractivity contribution < 1.29 is 9.90 Å². The van der Waals surface area contributed by atoms with Crippen LogP contribution in [0.25, 0.3) is 10.8 Å². The van der Waals surface area contributed by atoms with Crippen molar-refractivity contribution in [2.45, 2.75) is 13.8 Å². The van der Waals surface area contributed by atoms with Gasteiger partial charge in [0.25, 0.3) is 0 Å². The maximum atomic E-state index is 10.7. The lowest BCUT2D eigenvalue weighted by Crippen LogP contribution is -1.88. The predicted molar refractivity (Wildman–Crippen MR) is 60.5 cm³/mol. The van der Waals surface area contributed by atoms with Crippen LogP contribution in [0, 0.1) is 13.8 Å². The second-order valence-corrected chi connectivity index (χ2v) is 3.78. The number of carbonyl (C=O) groups excluding carboxylic acids is 1. The molecule has 0 aromatic heterocycles. The number of fused-ring (bicyclic) bond motifs is 1. The first-order chi connectivity index (χ1) is 7.13. The molecule has 0 aliphatic rings. The molecule has 0 aliphatic carbocycles. The van der Waals surface area contributed by atoms with E-state index in [-0.39, 0.29) is 5.75 Å². The summed E-state index contributed by atoms with van der Waals surface area (Å²) < 4.78 is 0. The number of aldehydes is 1. The van der Waals surface area contributed by atoms with Crippen LogP contribution in [0.2, 0.25) is 0 Å². The number of phenolic OH excluding ortho intramolecular Hbond substituents is 1. The van der Waals surface area contributed by atoms with Crippen LogP contribution in [-0.4, -0.2) is 11.4 Å². The molecule has 0 unspecified atom stereocenters. The van der Waals surface area contributed by atoms with Crippen LogP contribution < -0.4 is 0 Å². The van der Waals surface area contributed by atoms with Gasteiger partial charge in [0, 0.05) is 0 Å². The zero-order valence-corrected chi connectivity index (χ0v) is 8.74. The summed E-state index contributed by atoms with van der Waals surface area (Å²) in [5.74, 6) is 0.0846. The summed E-state index contributed by atoms with van der Waals surface area (Å²) in [5, 5.41) is 11.7. The molecule has 0 amide bonds. The number of aromatic hydroxyl groups is 1. The topological polar surface area (TPSA) is 37.3 Å². The maximum Gasteiger partial charge on any atom is 0.153 e. The highest BCUT2D eigenvalue weighted by Crippen LogP contribution is 2.30. The molecule has 2 heteroatoms. The van der Waals surface area contributed by atoms with Crippen LogP contribution >= 0.6 is 0 Å². The molecule has 0 spiro atoms. The smallest absolute Gasteiger partial charge is 0.153 e. The van der Waals surface area contributed by atoms with Gasteiger partial charge in [-0.3, -0.25) is 4.79 Å². The number of phenols is 1. The number of benzene rings is 2. The number of carbonyl (C=O) groups is 1. The third kappa shape index (κ3) is 1.48. The summed E-state index contributed by atoms with van der Waals surface area (Å²) in [7, 11) is 0. The van der Waals surface area contributed by atoms with Crippen LogP contribution in [0.15, 0.2) is 24.3 Å². The van der Waals surface area contributed by atoms with Gasteiger partial charge in [0.2, 0.25) is 0 Å². The van der Waals surface area contributed by atoms with Gasteiger partial charge >= 0.3 is 0 Å². The standard InChI is InChI=1S/C13H12O2/c1-8-3-4-12-9(2)13(15)11(7-14)6-10(12)5-8/h3-7,15H,1-2H3. The maximum absolute atomic E-state index is 10.7. The zero-order valence-electron chi connectivity index (χ0n) is 8.74. The summed E-state index contributed by atoms with van der Waals surface area (Å²) in [6.45, 7) is 3.82. The van der Waals surface area contributed by atoms with Crippen LogP contribution in [0.5, 0.6) is 5.75 Å². The molecule has 2 nitrogen and oxygen atoms in total. The Morgan fingerprint density at radius 3 is 2.60 bits per heavy atom. The monoisotopic (exact) mass is 200 g/mol. The lowest BCUT2D eigenvalue weighted by molar-refractivity contribution is 0.112. The Morgan fingerprint density at radius 1 is 1.20 bits per heavy atom. The van der Waals surface area contributed by atoms with Gasteiger partial charge in [-0.05, 0) is 36.2 Å². The lowest BCUT2D eigenvalue weighted by atomic mass is 9.99. The van der Waals surface area contributed by atoms with E-state index in [4.69, 9.17) is 0 Å². The fraction of sp³-hybridized carbons (Fsp3) is 0.154. The van der Waals surface area contributed by atoms with Crippen molar-refractivity contribution in [2.75, 3.05) is 0 Å². The average molecular weight is 200 g/mol. The highest BCUT2D eigenvalue weighted by Gasteiger charge is 2.08. The molecular formula is C13H12O2. The van der Waals surface area contributed by atoms with Gasteiger partial charge in [-0.1, -0.05) is 23.8 Å². The van der Waals surface area contributed by atoms with Gasteiger partial charge in [-0.15, -0.1) is 0 Å². The van der Waals surface area contributed by atoms with Crippen LogP contribution in [0.3, 0.4) is 0 Å². The zero-order chi connectivity index (χ0) is 11.0. The van der Waals surface area contributed by atoms with Crippen LogP contribution in [0.4, 0.5) is 0 Å². The van der Waals surface area contributed by atoms with E-state index in [1.807, 2.05) is 32.0 Å². The Bertz CT molecular complexity index is 542. The molecule has 0 heterocycles. The molecule has 0 radical (unpaired) electrons. The molecule has 1 N–H and O–H groups in total. The van der Waals surface area contributed by atoms with Crippen molar-refractivity contribution in [1.29, 1.82) is 0 Å². The van der Waals surface area contributed by atoms with E-state index >= 15 is 0 Å². The number of aryl methyl sites for hydroxylation is 2. The lowest BCUT2D eigenvalue weighted by Gasteiger charge is -2.07. The van der Waals surface area contributed by atoms with Gasteiger partial charge in [0.1, 0.15) is 5.75 Å². The molecule has 0 saturated carbocycles. The van der Waals surface area contributed by atoms with Gasteiger partial charge in [-0.25, -0.2) is 0 Å². The highest BCUT2D eigenvalue weighted by molar-refractivity contribution is 5.95. The van der Waals surface area contributed by atoms with Crippen LogP contribution in [-0.2, 0) is 0 Å². The molecule has 2 aromatic rings. The normalized spacial score (nSPS) is 10.5. The minimum Gasteiger partial charge on any atom is -0.507 e. The van der Waals surface area contributed by atoms with Gasteiger partial charge in [0.15, 0.2) is 6.29 Å². The SMILES string of the molecule is Cc1ccc2c(C)c(O)c(C=O)cc2c1. The molecule has 0 aliphatic heterocycles. The second-order valence-electron chi connectivity index (χ2n) is 3.78. The van der Waals surface area contributed by atoms with Crippen molar-refractivity contribution in [3.05, 3.63) is 41.0 Å². The molecule has 0 bridgehead atoms. The Kier molecular flexibility index (Phi) is 2.19. The Morgan fingerprint density at radius 2 is 1.93 bits per heavy atom. The third-order valence-corrected chi connectivity index (χ3v) is 2.68. The Labute approximate surface area is 88.2 Å². The minimum atomic E-state index is 0.0846. The summed E-state index contributed by atoms with van der Waals surface area (Å²) in [5.41, 5.74) is 2.25. The summed E-state index contributed by atoms with van der Waals surface area (Å²) in [6, 6.07) is 7.69. The molecule has 15 heavy (non-hydrogen) atoms. The van der Waals surface area contributed by atoms with Gasteiger partial charge in [0.05, 0.1) is 5.56 Å². The fourth-order valence-corrected chi connectivity index (χ4v) is 1.81. The molecule has 2 rings (SSSR count). The molecule has 0 fully saturated rings. The van der Waals surface area contributed by atoms with E-state index in [0.29, 0.717) is 11.8 Å². The van der Waals surface area contributed by atoms with E-state index in [2.05, 4.69) is 0 Å². The van der Waals surface area contributed by atoms with Crippen LogP contribution in [0.1, 0.15) is 21.5 Å². The largest absolute Gasteiger partial charge is 0.507 e. The van der Waals surface area contributed by atoms with E-state index in [1.54, 1.807) is 6.07 Å². The van der Waals surface area contributed by atoms with Crippen molar-refractivity contribution in [2.24, 2.45) is 0 Å². The minimum absolute atomic E-state index is 0.0846. The second kappa shape index (κ2) is 3.39. The van der Waals surface area contributed by atoms with E-state index in [9.17, 15) is 9.90 Å². The quantitative estimate of drug-likeness (QED) is 0.718. The molecule has 0 saturated heterocycles. The first-order valence-corrected chi connectivity index (χ1v) is 4.81. The van der Waals surface area contributed by atoms with Crippen molar-refractivity contribution in [1.82, 2.24) is 0 Å².